The Labute approximate surface area is 256 Å². The number of pyridine rings is 1. The van der Waals surface area contributed by atoms with Gasteiger partial charge < -0.3 is 0 Å². The molecular formula is C41H29N3. The Bertz CT molecular complexity index is 2270. The lowest BCUT2D eigenvalue weighted by atomic mass is 9.86. The van der Waals surface area contributed by atoms with Crippen LogP contribution < -0.4 is 0 Å². The molecule has 0 saturated carbocycles. The van der Waals surface area contributed by atoms with Gasteiger partial charge in [-0.2, -0.15) is 0 Å². The summed E-state index contributed by atoms with van der Waals surface area (Å²) in [5.41, 5.74) is 12.9. The minimum atomic E-state index is 0.889. The third kappa shape index (κ3) is 4.33. The lowest BCUT2D eigenvalue weighted by Gasteiger charge is -2.18. The second kappa shape index (κ2) is 10.6. The van der Waals surface area contributed by atoms with E-state index in [1.54, 1.807) is 0 Å². The molecule has 0 unspecified atom stereocenters. The third-order valence-corrected chi connectivity index (χ3v) is 8.66. The number of nitrogens with zero attached hydrogens (tertiary/aromatic N) is 3. The predicted octanol–water partition coefficient (Wildman–Crippen LogP) is 10.6. The molecule has 0 spiro atoms. The Hall–Kier alpha value is -5.67. The smallest absolute Gasteiger partial charge is 0.0973 e. The minimum Gasteiger partial charge on any atom is -0.264 e. The first kappa shape index (κ1) is 26.0. The first-order chi connectivity index (χ1) is 21.7. The zero-order valence-corrected chi connectivity index (χ0v) is 24.6. The van der Waals surface area contributed by atoms with Crippen molar-refractivity contribution in [3.8, 4) is 44.8 Å². The highest BCUT2D eigenvalue weighted by molar-refractivity contribution is 6.21. The van der Waals surface area contributed by atoms with Crippen LogP contribution in [0.2, 0.25) is 0 Å². The second-order valence-electron chi connectivity index (χ2n) is 11.4. The number of hydrogen-bond acceptors (Lipinski definition) is 3. The molecule has 208 valence electrons. The van der Waals surface area contributed by atoms with Crippen molar-refractivity contribution < 1.29 is 0 Å². The van der Waals surface area contributed by atoms with Gasteiger partial charge in [-0.25, -0.2) is 9.97 Å². The topological polar surface area (TPSA) is 38.7 Å². The lowest BCUT2D eigenvalue weighted by molar-refractivity contribution is 1.26. The van der Waals surface area contributed by atoms with E-state index in [1.165, 1.54) is 49.4 Å². The van der Waals surface area contributed by atoms with Crippen molar-refractivity contribution in [1.29, 1.82) is 0 Å². The molecule has 6 aromatic carbocycles. The summed E-state index contributed by atoms with van der Waals surface area (Å²) >= 11 is 0. The van der Waals surface area contributed by atoms with E-state index in [2.05, 4.69) is 134 Å². The van der Waals surface area contributed by atoms with Gasteiger partial charge in [-0.1, -0.05) is 109 Å². The van der Waals surface area contributed by atoms with E-state index in [1.807, 2.05) is 24.5 Å². The fourth-order valence-electron chi connectivity index (χ4n) is 6.37. The van der Waals surface area contributed by atoms with Crippen LogP contribution in [0, 0.1) is 13.8 Å². The Morgan fingerprint density at radius 1 is 0.409 bits per heavy atom. The van der Waals surface area contributed by atoms with Crippen molar-refractivity contribution in [2.45, 2.75) is 13.8 Å². The fraction of sp³-hybridized carbons (Fsp3) is 0.0488. The van der Waals surface area contributed by atoms with E-state index in [0.717, 1.165) is 39.1 Å². The molecule has 0 aliphatic carbocycles. The van der Waals surface area contributed by atoms with Gasteiger partial charge in [0.05, 0.1) is 22.4 Å². The fourth-order valence-corrected chi connectivity index (χ4v) is 6.37. The quantitative estimate of drug-likeness (QED) is 0.200. The maximum atomic E-state index is 5.20. The van der Waals surface area contributed by atoms with E-state index < -0.39 is 0 Å². The molecule has 2 heterocycles. The largest absolute Gasteiger partial charge is 0.264 e. The summed E-state index contributed by atoms with van der Waals surface area (Å²) in [7, 11) is 0. The molecule has 0 fully saturated rings. The number of benzene rings is 6. The Balaban J connectivity index is 1.34. The zero-order valence-electron chi connectivity index (χ0n) is 24.6. The van der Waals surface area contributed by atoms with Crippen LogP contribution in [0.15, 0.2) is 140 Å². The predicted molar refractivity (Wildman–Crippen MR) is 184 cm³/mol. The van der Waals surface area contributed by atoms with Gasteiger partial charge in [-0.3, -0.25) is 4.98 Å². The summed E-state index contributed by atoms with van der Waals surface area (Å²) in [6, 6.07) is 45.1. The molecule has 0 N–H and O–H groups in total. The van der Waals surface area contributed by atoms with E-state index in [4.69, 9.17) is 9.97 Å². The summed E-state index contributed by atoms with van der Waals surface area (Å²) in [5.74, 6) is 0. The van der Waals surface area contributed by atoms with E-state index in [-0.39, 0.29) is 0 Å². The van der Waals surface area contributed by atoms with Gasteiger partial charge in [0, 0.05) is 29.1 Å². The van der Waals surface area contributed by atoms with Gasteiger partial charge in [-0.05, 0) is 81.4 Å². The first-order valence-electron chi connectivity index (χ1n) is 14.9. The summed E-state index contributed by atoms with van der Waals surface area (Å²) in [4.78, 5) is 14.8. The standard InChI is InChI=1S/C41H29N3/c1-26-23-36-37(24-27(26)2)44-41(40(43-36)29-11-4-3-5-12-29)30-20-18-28(19-21-30)38-32-14-6-8-16-34(32)39(31-13-10-22-42-25-31)35-17-9-7-15-33(35)38/h3-25H,1-2H3. The molecule has 3 nitrogen and oxygen atoms in total. The highest BCUT2D eigenvalue weighted by atomic mass is 14.8. The molecule has 3 heteroatoms. The molecular weight excluding hydrogens is 534 g/mol. The van der Waals surface area contributed by atoms with Crippen LogP contribution in [0.3, 0.4) is 0 Å². The van der Waals surface area contributed by atoms with Crippen LogP contribution in [-0.2, 0) is 0 Å². The summed E-state index contributed by atoms with van der Waals surface area (Å²) in [5, 5.41) is 4.88. The number of fused-ring (bicyclic) bond motifs is 3. The third-order valence-electron chi connectivity index (χ3n) is 8.66. The molecule has 0 atom stereocenters. The highest BCUT2D eigenvalue weighted by Crippen LogP contribution is 2.44. The van der Waals surface area contributed by atoms with Gasteiger partial charge >= 0.3 is 0 Å². The van der Waals surface area contributed by atoms with Gasteiger partial charge in [0.1, 0.15) is 0 Å². The van der Waals surface area contributed by atoms with E-state index >= 15 is 0 Å². The molecule has 0 saturated heterocycles. The Kier molecular flexibility index (Phi) is 6.23. The lowest BCUT2D eigenvalue weighted by Crippen LogP contribution is -1.97. The van der Waals surface area contributed by atoms with Gasteiger partial charge in [0.2, 0.25) is 0 Å². The first-order valence-corrected chi connectivity index (χ1v) is 14.9. The molecule has 0 bridgehead atoms. The van der Waals surface area contributed by atoms with Crippen LogP contribution in [-0.4, -0.2) is 15.0 Å². The SMILES string of the molecule is Cc1cc2nc(-c3ccccc3)c(-c3ccc(-c4c5ccccc5c(-c5cccnc5)c5ccccc45)cc3)nc2cc1C. The van der Waals surface area contributed by atoms with Crippen LogP contribution in [0.1, 0.15) is 11.1 Å². The molecule has 0 aliphatic rings. The maximum absolute atomic E-state index is 5.20. The molecule has 8 aromatic rings. The van der Waals surface area contributed by atoms with Crippen molar-refractivity contribution in [1.82, 2.24) is 15.0 Å². The van der Waals surface area contributed by atoms with Crippen molar-refractivity contribution in [3.63, 3.8) is 0 Å². The van der Waals surface area contributed by atoms with Gasteiger partial charge in [0.25, 0.3) is 0 Å². The van der Waals surface area contributed by atoms with Crippen LogP contribution in [0.25, 0.3) is 77.3 Å². The summed E-state index contributed by atoms with van der Waals surface area (Å²) in [6.07, 6.45) is 3.79. The average molecular weight is 564 g/mol. The molecule has 0 amide bonds. The summed E-state index contributed by atoms with van der Waals surface area (Å²) in [6.45, 7) is 4.26. The Morgan fingerprint density at radius 3 is 1.34 bits per heavy atom. The molecule has 0 radical (unpaired) electrons. The van der Waals surface area contributed by atoms with Crippen molar-refractivity contribution in [2.75, 3.05) is 0 Å². The van der Waals surface area contributed by atoms with E-state index in [0.29, 0.717) is 0 Å². The normalized spacial score (nSPS) is 11.4. The average Bonchev–Trinajstić information content (AvgIpc) is 3.08. The maximum Gasteiger partial charge on any atom is 0.0973 e. The molecule has 2 aromatic heterocycles. The number of rotatable bonds is 4. The minimum absolute atomic E-state index is 0.889. The Morgan fingerprint density at radius 2 is 0.841 bits per heavy atom. The molecule has 8 rings (SSSR count). The second-order valence-corrected chi connectivity index (χ2v) is 11.4. The number of aromatic nitrogens is 3. The highest BCUT2D eigenvalue weighted by Gasteiger charge is 2.18. The summed E-state index contributed by atoms with van der Waals surface area (Å²) < 4.78 is 0. The van der Waals surface area contributed by atoms with Crippen LogP contribution >= 0.6 is 0 Å². The van der Waals surface area contributed by atoms with Crippen molar-refractivity contribution >= 4 is 32.6 Å². The van der Waals surface area contributed by atoms with Gasteiger partial charge in [0.15, 0.2) is 0 Å². The number of aryl methyl sites for hydroxylation is 2. The molecule has 44 heavy (non-hydrogen) atoms. The van der Waals surface area contributed by atoms with Crippen molar-refractivity contribution in [3.05, 3.63) is 151 Å². The van der Waals surface area contributed by atoms with Gasteiger partial charge in [-0.15, -0.1) is 0 Å². The van der Waals surface area contributed by atoms with Crippen LogP contribution in [0.4, 0.5) is 0 Å². The monoisotopic (exact) mass is 563 g/mol. The zero-order chi connectivity index (χ0) is 29.6. The van der Waals surface area contributed by atoms with Crippen molar-refractivity contribution in [2.24, 2.45) is 0 Å². The van der Waals surface area contributed by atoms with Crippen LogP contribution in [0.5, 0.6) is 0 Å². The number of hydrogen-bond donors (Lipinski definition) is 0. The van der Waals surface area contributed by atoms with E-state index in [9.17, 15) is 0 Å². The molecule has 0 aliphatic heterocycles.